The maximum Gasteiger partial charge on any atom is 0.264 e. The SMILES string of the molecule is CCOC(c1nc(C)c(I)c(=O)[nH]1)C1CC1. The molecule has 2 rings (SSSR count). The van der Waals surface area contributed by atoms with Crippen LogP contribution in [0.15, 0.2) is 4.79 Å². The summed E-state index contributed by atoms with van der Waals surface area (Å²) in [6.45, 7) is 4.47. The van der Waals surface area contributed by atoms with E-state index in [2.05, 4.69) is 9.97 Å². The number of nitrogens with one attached hydrogen (secondary N) is 1. The number of aromatic amines is 1. The van der Waals surface area contributed by atoms with Crippen molar-refractivity contribution in [3.05, 3.63) is 25.4 Å². The number of nitrogens with zero attached hydrogens (tertiary/aromatic N) is 1. The average Bonchev–Trinajstić information content (AvgIpc) is 3.05. The largest absolute Gasteiger partial charge is 0.370 e. The molecule has 0 radical (unpaired) electrons. The highest BCUT2D eigenvalue weighted by molar-refractivity contribution is 14.1. The standard InChI is InChI=1S/C11H15IN2O2/c1-3-16-9(7-4-5-7)10-13-6(2)8(12)11(15)14-10/h7,9H,3-5H2,1-2H3,(H,13,14,15). The molecule has 1 aliphatic carbocycles. The van der Waals surface area contributed by atoms with Crippen LogP contribution in [0.2, 0.25) is 0 Å². The van der Waals surface area contributed by atoms with Crippen LogP contribution in [0.1, 0.15) is 37.4 Å². The Kier molecular flexibility index (Phi) is 3.63. The van der Waals surface area contributed by atoms with Crippen LogP contribution in [0.5, 0.6) is 0 Å². The van der Waals surface area contributed by atoms with Crippen molar-refractivity contribution >= 4 is 22.6 Å². The molecular weight excluding hydrogens is 319 g/mol. The fourth-order valence-electron chi connectivity index (χ4n) is 1.74. The van der Waals surface area contributed by atoms with Crippen molar-refractivity contribution < 1.29 is 4.74 Å². The Morgan fingerprint density at radius 2 is 2.31 bits per heavy atom. The van der Waals surface area contributed by atoms with Crippen molar-refractivity contribution in [3.63, 3.8) is 0 Å². The lowest BCUT2D eigenvalue weighted by molar-refractivity contribution is 0.0397. The maximum absolute atomic E-state index is 11.7. The van der Waals surface area contributed by atoms with Gasteiger partial charge in [-0.05, 0) is 55.2 Å². The van der Waals surface area contributed by atoms with Gasteiger partial charge >= 0.3 is 0 Å². The lowest BCUT2D eigenvalue weighted by Gasteiger charge is -2.15. The van der Waals surface area contributed by atoms with E-state index >= 15 is 0 Å². The summed E-state index contributed by atoms with van der Waals surface area (Å²) < 4.78 is 6.33. The third-order valence-electron chi connectivity index (χ3n) is 2.71. The summed E-state index contributed by atoms with van der Waals surface area (Å²) in [6.07, 6.45) is 2.30. The van der Waals surface area contributed by atoms with E-state index in [1.54, 1.807) is 0 Å². The van der Waals surface area contributed by atoms with Gasteiger partial charge < -0.3 is 9.72 Å². The highest BCUT2D eigenvalue weighted by atomic mass is 127. The first-order chi connectivity index (χ1) is 7.63. The highest BCUT2D eigenvalue weighted by Gasteiger charge is 2.34. The van der Waals surface area contributed by atoms with Crippen LogP contribution < -0.4 is 5.56 Å². The third-order valence-corrected chi connectivity index (χ3v) is 3.98. The van der Waals surface area contributed by atoms with Gasteiger partial charge in [0, 0.05) is 6.61 Å². The Morgan fingerprint density at radius 3 is 2.81 bits per heavy atom. The molecule has 0 aliphatic heterocycles. The lowest BCUT2D eigenvalue weighted by atomic mass is 10.2. The topological polar surface area (TPSA) is 55.0 Å². The second-order valence-electron chi connectivity index (χ2n) is 4.06. The second kappa shape index (κ2) is 4.83. The molecule has 4 nitrogen and oxygen atoms in total. The monoisotopic (exact) mass is 334 g/mol. The molecule has 1 unspecified atom stereocenters. The van der Waals surface area contributed by atoms with Crippen molar-refractivity contribution in [1.82, 2.24) is 9.97 Å². The van der Waals surface area contributed by atoms with Gasteiger partial charge in [0.1, 0.15) is 11.9 Å². The molecule has 1 saturated carbocycles. The van der Waals surface area contributed by atoms with Gasteiger partial charge in [-0.15, -0.1) is 0 Å². The van der Waals surface area contributed by atoms with Crippen LogP contribution in [0.3, 0.4) is 0 Å². The summed E-state index contributed by atoms with van der Waals surface area (Å²) in [7, 11) is 0. The zero-order valence-corrected chi connectivity index (χ0v) is 11.6. The van der Waals surface area contributed by atoms with Gasteiger partial charge in [0.25, 0.3) is 5.56 Å². The zero-order valence-electron chi connectivity index (χ0n) is 9.42. The fraction of sp³-hybridized carbons (Fsp3) is 0.636. The Hall–Kier alpha value is -0.430. The predicted octanol–water partition coefficient (Wildman–Crippen LogP) is 2.17. The van der Waals surface area contributed by atoms with E-state index < -0.39 is 0 Å². The van der Waals surface area contributed by atoms with Crippen LogP contribution in [0.4, 0.5) is 0 Å². The summed E-state index contributed by atoms with van der Waals surface area (Å²) in [5.41, 5.74) is 0.721. The molecule has 1 fully saturated rings. The van der Waals surface area contributed by atoms with Crippen molar-refractivity contribution in [2.24, 2.45) is 5.92 Å². The van der Waals surface area contributed by atoms with E-state index in [0.29, 0.717) is 21.9 Å². The minimum absolute atomic E-state index is 0.0339. The molecule has 1 aromatic heterocycles. The average molecular weight is 334 g/mol. The minimum atomic E-state index is -0.0616. The van der Waals surface area contributed by atoms with Crippen LogP contribution in [-0.4, -0.2) is 16.6 Å². The summed E-state index contributed by atoms with van der Waals surface area (Å²) in [5.74, 6) is 1.22. The van der Waals surface area contributed by atoms with Crippen molar-refractivity contribution in [2.75, 3.05) is 6.61 Å². The second-order valence-corrected chi connectivity index (χ2v) is 5.14. The lowest BCUT2D eigenvalue weighted by Crippen LogP contribution is -2.21. The quantitative estimate of drug-likeness (QED) is 0.859. The van der Waals surface area contributed by atoms with Crippen molar-refractivity contribution in [2.45, 2.75) is 32.8 Å². The first-order valence-electron chi connectivity index (χ1n) is 5.51. The van der Waals surface area contributed by atoms with Gasteiger partial charge in [-0.1, -0.05) is 0 Å². The Morgan fingerprint density at radius 1 is 1.62 bits per heavy atom. The van der Waals surface area contributed by atoms with Gasteiger partial charge in [-0.2, -0.15) is 0 Å². The summed E-state index contributed by atoms with van der Waals surface area (Å²) in [5, 5.41) is 0. The van der Waals surface area contributed by atoms with Crippen molar-refractivity contribution in [1.29, 1.82) is 0 Å². The van der Waals surface area contributed by atoms with Crippen LogP contribution in [-0.2, 0) is 4.74 Å². The normalized spacial score (nSPS) is 17.4. The van der Waals surface area contributed by atoms with E-state index in [9.17, 15) is 4.79 Å². The number of rotatable bonds is 4. The molecule has 5 heteroatoms. The molecule has 88 valence electrons. The fourth-order valence-corrected chi connectivity index (χ4v) is 2.00. The first kappa shape index (κ1) is 12.0. The molecule has 16 heavy (non-hydrogen) atoms. The van der Waals surface area contributed by atoms with Crippen LogP contribution in [0.25, 0.3) is 0 Å². The Balaban J connectivity index is 2.34. The van der Waals surface area contributed by atoms with E-state index in [4.69, 9.17) is 4.74 Å². The number of aryl methyl sites for hydroxylation is 1. The van der Waals surface area contributed by atoms with Crippen LogP contribution >= 0.6 is 22.6 Å². The summed E-state index contributed by atoms with van der Waals surface area (Å²) >= 11 is 2.02. The summed E-state index contributed by atoms with van der Waals surface area (Å²) in [6, 6.07) is 0. The minimum Gasteiger partial charge on any atom is -0.370 e. The number of aromatic nitrogens is 2. The molecule has 1 aliphatic rings. The molecule has 1 heterocycles. The number of halogens is 1. The van der Waals surface area contributed by atoms with Crippen molar-refractivity contribution in [3.8, 4) is 0 Å². The van der Waals surface area contributed by atoms with E-state index in [1.165, 1.54) is 12.8 Å². The Bertz CT molecular complexity index is 440. The molecular formula is C11H15IN2O2. The van der Waals surface area contributed by atoms with Gasteiger partial charge in [0.15, 0.2) is 0 Å². The smallest absolute Gasteiger partial charge is 0.264 e. The number of H-pyrrole nitrogens is 1. The predicted molar refractivity (Wildman–Crippen MR) is 69.4 cm³/mol. The van der Waals surface area contributed by atoms with E-state index in [-0.39, 0.29) is 11.7 Å². The molecule has 0 amide bonds. The third kappa shape index (κ3) is 2.45. The van der Waals surface area contributed by atoms with E-state index in [1.807, 2.05) is 36.4 Å². The molecule has 1 aromatic rings. The highest BCUT2D eigenvalue weighted by Crippen LogP contribution is 2.42. The Labute approximate surface area is 108 Å². The molecule has 0 aromatic carbocycles. The van der Waals surface area contributed by atoms with Gasteiger partial charge in [-0.3, -0.25) is 4.79 Å². The zero-order chi connectivity index (χ0) is 11.7. The number of hydrogen-bond acceptors (Lipinski definition) is 3. The number of hydrogen-bond donors (Lipinski definition) is 1. The van der Waals surface area contributed by atoms with Gasteiger partial charge in [-0.25, -0.2) is 4.98 Å². The molecule has 0 saturated heterocycles. The molecule has 0 bridgehead atoms. The molecule has 1 atom stereocenters. The maximum atomic E-state index is 11.7. The molecule has 0 spiro atoms. The summed E-state index contributed by atoms with van der Waals surface area (Å²) in [4.78, 5) is 18.9. The van der Waals surface area contributed by atoms with E-state index in [0.717, 1.165) is 5.69 Å². The molecule has 1 N–H and O–H groups in total. The van der Waals surface area contributed by atoms with Gasteiger partial charge in [0.2, 0.25) is 0 Å². The number of ether oxygens (including phenoxy) is 1. The first-order valence-corrected chi connectivity index (χ1v) is 6.59. The van der Waals surface area contributed by atoms with Crippen LogP contribution in [0, 0.1) is 16.4 Å². The van der Waals surface area contributed by atoms with Gasteiger partial charge in [0.05, 0.1) is 9.26 Å².